The van der Waals surface area contributed by atoms with Gasteiger partial charge in [0.25, 0.3) is 0 Å². The molecule has 0 aromatic heterocycles. The second kappa shape index (κ2) is 3.54. The Hall–Kier alpha value is -0.600. The van der Waals surface area contributed by atoms with Gasteiger partial charge < -0.3 is 10.2 Å². The highest BCUT2D eigenvalue weighted by Crippen LogP contribution is 2.15. The van der Waals surface area contributed by atoms with Gasteiger partial charge in [-0.05, 0) is 24.0 Å². The summed E-state index contributed by atoms with van der Waals surface area (Å²) in [5.41, 5.74) is 1.95. The van der Waals surface area contributed by atoms with Crippen molar-refractivity contribution in [3.05, 3.63) is 23.3 Å². The van der Waals surface area contributed by atoms with Crippen molar-refractivity contribution in [1.29, 1.82) is 0 Å². The summed E-state index contributed by atoms with van der Waals surface area (Å²) in [6.45, 7) is 0.209. The van der Waals surface area contributed by atoms with Crippen LogP contribution in [0.5, 0.6) is 0 Å². The standard InChI is InChI=1S/C8H12O2/c9-5-7-2-1-3-8(4-7)6-10/h2,4,9-10H,1,3,5-6H2. The van der Waals surface area contributed by atoms with Crippen molar-refractivity contribution in [2.45, 2.75) is 12.8 Å². The van der Waals surface area contributed by atoms with Crippen LogP contribution in [0.15, 0.2) is 23.3 Å². The minimum Gasteiger partial charge on any atom is -0.392 e. The fourth-order valence-corrected chi connectivity index (χ4v) is 1.07. The molecule has 1 aliphatic rings. The number of hydrogen-bond acceptors (Lipinski definition) is 2. The van der Waals surface area contributed by atoms with Crippen molar-refractivity contribution >= 4 is 0 Å². The Kier molecular flexibility index (Phi) is 2.66. The molecular weight excluding hydrogens is 128 g/mol. The van der Waals surface area contributed by atoms with E-state index in [9.17, 15) is 0 Å². The smallest absolute Gasteiger partial charge is 0.0678 e. The molecule has 0 aromatic carbocycles. The number of hydrogen-bond donors (Lipinski definition) is 2. The molecule has 2 nitrogen and oxygen atoms in total. The van der Waals surface area contributed by atoms with Crippen molar-refractivity contribution in [2.75, 3.05) is 13.2 Å². The van der Waals surface area contributed by atoms with Crippen LogP contribution in [0.4, 0.5) is 0 Å². The third-order valence-corrected chi connectivity index (χ3v) is 1.65. The van der Waals surface area contributed by atoms with Gasteiger partial charge in [0.1, 0.15) is 0 Å². The molecule has 0 amide bonds. The van der Waals surface area contributed by atoms with Crippen LogP contribution in [0.25, 0.3) is 0 Å². The molecule has 0 aromatic rings. The van der Waals surface area contributed by atoms with Crippen LogP contribution in [0.3, 0.4) is 0 Å². The molecule has 0 bridgehead atoms. The zero-order chi connectivity index (χ0) is 7.40. The van der Waals surface area contributed by atoms with Crippen LogP contribution in [-0.2, 0) is 0 Å². The molecule has 0 saturated carbocycles. The normalized spacial score (nSPS) is 18.2. The number of rotatable bonds is 2. The van der Waals surface area contributed by atoms with Crippen molar-refractivity contribution in [2.24, 2.45) is 0 Å². The van der Waals surface area contributed by atoms with Gasteiger partial charge in [0, 0.05) is 0 Å². The molecule has 0 spiro atoms. The Labute approximate surface area is 60.5 Å². The number of allylic oxidation sites excluding steroid dienone is 1. The Morgan fingerprint density at radius 3 is 2.70 bits per heavy atom. The maximum Gasteiger partial charge on any atom is 0.0678 e. The first-order valence-corrected chi connectivity index (χ1v) is 3.47. The van der Waals surface area contributed by atoms with Crippen LogP contribution >= 0.6 is 0 Å². The second-order valence-corrected chi connectivity index (χ2v) is 2.44. The van der Waals surface area contributed by atoms with E-state index in [1.54, 1.807) is 0 Å². The Morgan fingerprint density at radius 2 is 2.10 bits per heavy atom. The third-order valence-electron chi connectivity index (χ3n) is 1.65. The van der Waals surface area contributed by atoms with Crippen LogP contribution in [0.1, 0.15) is 12.8 Å². The summed E-state index contributed by atoms with van der Waals surface area (Å²) >= 11 is 0. The molecule has 10 heavy (non-hydrogen) atoms. The van der Waals surface area contributed by atoms with Crippen LogP contribution in [0.2, 0.25) is 0 Å². The largest absolute Gasteiger partial charge is 0.392 e. The molecule has 2 N–H and O–H groups in total. The Balaban J connectivity index is 2.61. The molecular formula is C8H12O2. The van der Waals surface area contributed by atoms with Crippen molar-refractivity contribution in [3.8, 4) is 0 Å². The summed E-state index contributed by atoms with van der Waals surface area (Å²) in [4.78, 5) is 0. The lowest BCUT2D eigenvalue weighted by Gasteiger charge is -2.09. The fraction of sp³-hybridized carbons (Fsp3) is 0.500. The maximum absolute atomic E-state index is 8.73. The Bertz CT molecular complexity index is 168. The van der Waals surface area contributed by atoms with E-state index in [1.165, 1.54) is 0 Å². The maximum atomic E-state index is 8.73. The average molecular weight is 140 g/mol. The Morgan fingerprint density at radius 1 is 1.30 bits per heavy atom. The molecule has 56 valence electrons. The zero-order valence-electron chi connectivity index (χ0n) is 5.88. The second-order valence-electron chi connectivity index (χ2n) is 2.44. The summed E-state index contributed by atoms with van der Waals surface area (Å²) in [5, 5.41) is 17.4. The highest BCUT2D eigenvalue weighted by Gasteiger charge is 2.02. The van der Waals surface area contributed by atoms with Gasteiger partial charge >= 0.3 is 0 Å². The van der Waals surface area contributed by atoms with E-state index < -0.39 is 0 Å². The average Bonchev–Trinajstić information content (AvgIpc) is 2.05. The molecule has 0 heterocycles. The van der Waals surface area contributed by atoms with E-state index in [4.69, 9.17) is 10.2 Å². The number of aliphatic hydroxyl groups is 2. The van der Waals surface area contributed by atoms with Crippen molar-refractivity contribution in [3.63, 3.8) is 0 Å². The zero-order valence-corrected chi connectivity index (χ0v) is 5.88. The third kappa shape index (κ3) is 1.69. The van der Waals surface area contributed by atoms with Crippen LogP contribution in [-0.4, -0.2) is 23.4 Å². The molecule has 1 aliphatic carbocycles. The first-order chi connectivity index (χ1) is 4.86. The molecule has 0 saturated heterocycles. The van der Waals surface area contributed by atoms with Gasteiger partial charge in [-0.2, -0.15) is 0 Å². The minimum absolute atomic E-state index is 0.0868. The molecule has 0 fully saturated rings. The highest BCUT2D eigenvalue weighted by molar-refractivity contribution is 5.28. The van der Waals surface area contributed by atoms with Crippen molar-refractivity contribution < 1.29 is 10.2 Å². The van der Waals surface area contributed by atoms with Gasteiger partial charge in [-0.3, -0.25) is 0 Å². The van der Waals surface area contributed by atoms with Crippen molar-refractivity contribution in [1.82, 2.24) is 0 Å². The summed E-state index contributed by atoms with van der Waals surface area (Å²) in [6.07, 6.45) is 5.74. The SMILES string of the molecule is OCC1=CCCC(CO)=C1. The van der Waals surface area contributed by atoms with Crippen LogP contribution in [0, 0.1) is 0 Å². The topological polar surface area (TPSA) is 40.5 Å². The summed E-state index contributed by atoms with van der Waals surface area (Å²) < 4.78 is 0. The molecule has 0 aliphatic heterocycles. The lowest BCUT2D eigenvalue weighted by molar-refractivity contribution is 0.321. The van der Waals surface area contributed by atoms with E-state index in [2.05, 4.69) is 0 Å². The molecule has 0 atom stereocenters. The predicted octanol–water partition coefficient (Wildman–Crippen LogP) is 0.618. The fourth-order valence-electron chi connectivity index (χ4n) is 1.07. The van der Waals surface area contributed by atoms with E-state index in [-0.39, 0.29) is 13.2 Å². The predicted molar refractivity (Wildman–Crippen MR) is 39.6 cm³/mol. The first kappa shape index (κ1) is 7.51. The molecule has 2 heteroatoms. The lowest BCUT2D eigenvalue weighted by atomic mass is 10.0. The summed E-state index contributed by atoms with van der Waals surface area (Å²) in [7, 11) is 0. The van der Waals surface area contributed by atoms with Crippen LogP contribution < -0.4 is 0 Å². The van der Waals surface area contributed by atoms with E-state index >= 15 is 0 Å². The molecule has 1 rings (SSSR count). The van der Waals surface area contributed by atoms with E-state index in [1.807, 2.05) is 12.2 Å². The van der Waals surface area contributed by atoms with Gasteiger partial charge in [-0.1, -0.05) is 12.2 Å². The molecule has 0 unspecified atom stereocenters. The van der Waals surface area contributed by atoms with Gasteiger partial charge in [0.15, 0.2) is 0 Å². The summed E-state index contributed by atoms with van der Waals surface area (Å²) in [6, 6.07) is 0. The van der Waals surface area contributed by atoms with E-state index in [0.29, 0.717) is 0 Å². The quantitative estimate of drug-likeness (QED) is 0.590. The first-order valence-electron chi connectivity index (χ1n) is 3.47. The number of aliphatic hydroxyl groups excluding tert-OH is 2. The van der Waals surface area contributed by atoms with Gasteiger partial charge in [-0.25, -0.2) is 0 Å². The summed E-state index contributed by atoms with van der Waals surface area (Å²) in [5.74, 6) is 0. The monoisotopic (exact) mass is 140 g/mol. The lowest BCUT2D eigenvalue weighted by Crippen LogP contribution is -1.98. The van der Waals surface area contributed by atoms with E-state index in [0.717, 1.165) is 24.0 Å². The van der Waals surface area contributed by atoms with Gasteiger partial charge in [0.05, 0.1) is 13.2 Å². The van der Waals surface area contributed by atoms with Gasteiger partial charge in [-0.15, -0.1) is 0 Å². The minimum atomic E-state index is 0.0868. The highest BCUT2D eigenvalue weighted by atomic mass is 16.3. The van der Waals surface area contributed by atoms with Gasteiger partial charge in [0.2, 0.25) is 0 Å². The molecule has 0 radical (unpaired) electrons.